The normalized spacial score (nSPS) is 10.8. The molecule has 3 aromatic heterocycles. The number of anilines is 1. The van der Waals surface area contributed by atoms with Gasteiger partial charge in [0, 0.05) is 30.7 Å². The largest absolute Gasteiger partial charge is 0.369 e. The Bertz CT molecular complexity index is 688. The van der Waals surface area contributed by atoms with Gasteiger partial charge in [0.1, 0.15) is 17.2 Å². The molecule has 20 heavy (non-hydrogen) atoms. The molecule has 0 aromatic carbocycles. The zero-order valence-corrected chi connectivity index (χ0v) is 11.6. The molecular formula is C16H18N4. The van der Waals surface area contributed by atoms with Crippen molar-refractivity contribution in [2.45, 2.75) is 19.8 Å². The molecule has 0 saturated carbocycles. The number of unbranched alkanes of at least 4 members (excludes halogenated alkanes) is 1. The van der Waals surface area contributed by atoms with E-state index in [-0.39, 0.29) is 0 Å². The van der Waals surface area contributed by atoms with Gasteiger partial charge >= 0.3 is 0 Å². The third-order valence-corrected chi connectivity index (χ3v) is 3.29. The second kappa shape index (κ2) is 5.74. The quantitative estimate of drug-likeness (QED) is 0.717. The van der Waals surface area contributed by atoms with E-state index in [2.05, 4.69) is 21.6 Å². The highest BCUT2D eigenvalue weighted by atomic mass is 15.1. The fraction of sp³-hybridized carbons (Fsp3) is 0.250. The Kier molecular flexibility index (Phi) is 3.63. The fourth-order valence-electron chi connectivity index (χ4n) is 2.25. The Morgan fingerprint density at radius 3 is 2.95 bits per heavy atom. The number of rotatable bonds is 5. The van der Waals surface area contributed by atoms with Gasteiger partial charge in [0.25, 0.3) is 0 Å². The van der Waals surface area contributed by atoms with Crippen LogP contribution in [0.1, 0.15) is 19.8 Å². The molecule has 0 amide bonds. The van der Waals surface area contributed by atoms with Crippen LogP contribution in [0.15, 0.2) is 48.9 Å². The highest BCUT2D eigenvalue weighted by Gasteiger charge is 2.13. The summed E-state index contributed by atoms with van der Waals surface area (Å²) in [6, 6.07) is 10.0. The molecule has 0 fully saturated rings. The predicted molar refractivity (Wildman–Crippen MR) is 81.8 cm³/mol. The second-order valence-corrected chi connectivity index (χ2v) is 4.76. The summed E-state index contributed by atoms with van der Waals surface area (Å²) in [6.07, 6.45) is 7.99. The third-order valence-electron chi connectivity index (χ3n) is 3.29. The highest BCUT2D eigenvalue weighted by molar-refractivity contribution is 5.75. The molecule has 0 unspecified atom stereocenters. The standard InChI is InChI=1S/C16H18N4/c1-2-3-10-18-16-15(13-7-6-9-17-12-13)19-14-8-4-5-11-20(14)16/h4-9,11-12,18H,2-3,10H2,1H3. The van der Waals surface area contributed by atoms with Crippen LogP contribution in [0.5, 0.6) is 0 Å². The van der Waals surface area contributed by atoms with E-state index in [0.29, 0.717) is 0 Å². The van der Waals surface area contributed by atoms with Crippen LogP contribution in [-0.2, 0) is 0 Å². The van der Waals surface area contributed by atoms with Gasteiger partial charge in [0.2, 0.25) is 0 Å². The number of nitrogens with one attached hydrogen (secondary N) is 1. The lowest BCUT2D eigenvalue weighted by Crippen LogP contribution is -2.04. The van der Waals surface area contributed by atoms with Gasteiger partial charge in [0.05, 0.1) is 0 Å². The van der Waals surface area contributed by atoms with Crippen molar-refractivity contribution in [3.63, 3.8) is 0 Å². The molecular weight excluding hydrogens is 248 g/mol. The summed E-state index contributed by atoms with van der Waals surface area (Å²) < 4.78 is 2.10. The molecule has 4 nitrogen and oxygen atoms in total. The molecule has 0 aliphatic heterocycles. The van der Waals surface area contributed by atoms with Gasteiger partial charge in [-0.25, -0.2) is 4.98 Å². The van der Waals surface area contributed by atoms with Crippen LogP contribution in [0.3, 0.4) is 0 Å². The maximum atomic E-state index is 4.72. The van der Waals surface area contributed by atoms with Gasteiger partial charge in [-0.2, -0.15) is 0 Å². The van der Waals surface area contributed by atoms with Crippen molar-refractivity contribution in [2.75, 3.05) is 11.9 Å². The monoisotopic (exact) mass is 266 g/mol. The summed E-state index contributed by atoms with van der Waals surface area (Å²) in [5.41, 5.74) is 2.95. The zero-order chi connectivity index (χ0) is 13.8. The van der Waals surface area contributed by atoms with E-state index in [1.165, 1.54) is 6.42 Å². The van der Waals surface area contributed by atoms with Crippen LogP contribution in [-0.4, -0.2) is 20.9 Å². The van der Waals surface area contributed by atoms with Crippen molar-refractivity contribution in [3.8, 4) is 11.3 Å². The van der Waals surface area contributed by atoms with E-state index < -0.39 is 0 Å². The van der Waals surface area contributed by atoms with Crippen molar-refractivity contribution in [1.29, 1.82) is 0 Å². The third kappa shape index (κ3) is 2.37. The van der Waals surface area contributed by atoms with Gasteiger partial charge in [-0.1, -0.05) is 19.4 Å². The molecule has 0 aliphatic rings. The highest BCUT2D eigenvalue weighted by Crippen LogP contribution is 2.27. The molecule has 4 heteroatoms. The maximum absolute atomic E-state index is 4.72. The van der Waals surface area contributed by atoms with E-state index in [1.54, 1.807) is 6.20 Å². The summed E-state index contributed by atoms with van der Waals surface area (Å²) in [7, 11) is 0. The average molecular weight is 266 g/mol. The number of imidazole rings is 1. The second-order valence-electron chi connectivity index (χ2n) is 4.76. The van der Waals surface area contributed by atoms with E-state index in [0.717, 1.165) is 35.7 Å². The molecule has 0 atom stereocenters. The van der Waals surface area contributed by atoms with Crippen molar-refractivity contribution >= 4 is 11.5 Å². The van der Waals surface area contributed by atoms with Gasteiger partial charge in [-0.05, 0) is 30.7 Å². The Balaban J connectivity index is 2.08. The maximum Gasteiger partial charge on any atom is 0.139 e. The van der Waals surface area contributed by atoms with E-state index >= 15 is 0 Å². The number of pyridine rings is 2. The zero-order valence-electron chi connectivity index (χ0n) is 11.6. The minimum atomic E-state index is 0.949. The van der Waals surface area contributed by atoms with Crippen LogP contribution in [0.2, 0.25) is 0 Å². The number of aromatic nitrogens is 3. The van der Waals surface area contributed by atoms with Crippen LogP contribution < -0.4 is 5.32 Å². The predicted octanol–water partition coefficient (Wildman–Crippen LogP) is 3.61. The SMILES string of the molecule is CCCCNc1c(-c2cccnc2)nc2ccccn12. The molecule has 0 saturated heterocycles. The molecule has 3 rings (SSSR count). The minimum absolute atomic E-state index is 0.949. The van der Waals surface area contributed by atoms with Gasteiger partial charge < -0.3 is 5.32 Å². The summed E-state index contributed by atoms with van der Waals surface area (Å²) in [5, 5.41) is 3.51. The minimum Gasteiger partial charge on any atom is -0.369 e. The molecule has 3 aromatic rings. The van der Waals surface area contributed by atoms with Crippen LogP contribution >= 0.6 is 0 Å². The molecule has 3 heterocycles. The number of fused-ring (bicyclic) bond motifs is 1. The van der Waals surface area contributed by atoms with Crippen LogP contribution in [0.4, 0.5) is 5.82 Å². The summed E-state index contributed by atoms with van der Waals surface area (Å²) >= 11 is 0. The topological polar surface area (TPSA) is 42.2 Å². The van der Waals surface area contributed by atoms with Gasteiger partial charge in [0.15, 0.2) is 0 Å². The first-order valence-electron chi connectivity index (χ1n) is 7.01. The number of hydrogen-bond donors (Lipinski definition) is 1. The van der Waals surface area contributed by atoms with Crippen molar-refractivity contribution in [3.05, 3.63) is 48.9 Å². The fourth-order valence-corrected chi connectivity index (χ4v) is 2.25. The van der Waals surface area contributed by atoms with Crippen LogP contribution in [0.25, 0.3) is 16.9 Å². The Morgan fingerprint density at radius 2 is 2.15 bits per heavy atom. The van der Waals surface area contributed by atoms with Crippen molar-refractivity contribution in [2.24, 2.45) is 0 Å². The first-order valence-corrected chi connectivity index (χ1v) is 7.01. The van der Waals surface area contributed by atoms with Crippen molar-refractivity contribution < 1.29 is 0 Å². The lowest BCUT2D eigenvalue weighted by atomic mass is 10.2. The average Bonchev–Trinajstić information content (AvgIpc) is 2.87. The first kappa shape index (κ1) is 12.7. The smallest absolute Gasteiger partial charge is 0.139 e. The number of nitrogens with zero attached hydrogens (tertiary/aromatic N) is 3. The molecule has 0 spiro atoms. The van der Waals surface area contributed by atoms with E-state index in [4.69, 9.17) is 4.98 Å². The molecule has 102 valence electrons. The lowest BCUT2D eigenvalue weighted by molar-refractivity contribution is 0.830. The summed E-state index contributed by atoms with van der Waals surface area (Å²) in [6.45, 7) is 3.14. The van der Waals surface area contributed by atoms with Gasteiger partial charge in [-0.15, -0.1) is 0 Å². The van der Waals surface area contributed by atoms with E-state index in [9.17, 15) is 0 Å². The molecule has 1 N–H and O–H groups in total. The Morgan fingerprint density at radius 1 is 1.20 bits per heavy atom. The lowest BCUT2D eigenvalue weighted by Gasteiger charge is -2.07. The molecule has 0 radical (unpaired) electrons. The summed E-state index contributed by atoms with van der Waals surface area (Å²) in [5.74, 6) is 1.04. The Hall–Kier alpha value is -2.36. The van der Waals surface area contributed by atoms with E-state index in [1.807, 2.05) is 42.7 Å². The summed E-state index contributed by atoms with van der Waals surface area (Å²) in [4.78, 5) is 8.91. The van der Waals surface area contributed by atoms with Gasteiger partial charge in [-0.3, -0.25) is 9.38 Å². The van der Waals surface area contributed by atoms with Crippen molar-refractivity contribution in [1.82, 2.24) is 14.4 Å². The van der Waals surface area contributed by atoms with Crippen LogP contribution in [0, 0.1) is 0 Å². The molecule has 0 bridgehead atoms. The molecule has 0 aliphatic carbocycles. The Labute approximate surface area is 118 Å². The first-order chi connectivity index (χ1) is 9.90. The number of hydrogen-bond acceptors (Lipinski definition) is 3.